The predicted octanol–water partition coefficient (Wildman–Crippen LogP) is 4.00. The van der Waals surface area contributed by atoms with Crippen molar-refractivity contribution < 1.29 is 0 Å². The number of fused-ring (bicyclic) bond motifs is 3. The van der Waals surface area contributed by atoms with Crippen LogP contribution in [0.5, 0.6) is 0 Å². The van der Waals surface area contributed by atoms with Gasteiger partial charge in [-0.2, -0.15) is 0 Å². The van der Waals surface area contributed by atoms with E-state index in [2.05, 4.69) is 59.5 Å². The van der Waals surface area contributed by atoms with Crippen LogP contribution in [0.25, 0.3) is 0 Å². The zero-order chi connectivity index (χ0) is 13.5. The largest absolute Gasteiger partial charge is 0.397 e. The first kappa shape index (κ1) is 11.4. The van der Waals surface area contributed by atoms with E-state index in [1.54, 1.807) is 0 Å². The summed E-state index contributed by atoms with van der Waals surface area (Å²) >= 11 is 0. The van der Waals surface area contributed by atoms with Gasteiger partial charge in [0.15, 0.2) is 0 Å². The molecule has 2 nitrogen and oxygen atoms in total. The molecule has 1 heterocycles. The molecule has 2 aromatic carbocycles. The van der Waals surface area contributed by atoms with E-state index in [0.29, 0.717) is 12.0 Å². The van der Waals surface area contributed by atoms with Crippen molar-refractivity contribution in [2.24, 2.45) is 0 Å². The quantitative estimate of drug-likeness (QED) is 0.785. The molecule has 98 valence electrons. The maximum atomic E-state index is 6.26. The molecule has 0 amide bonds. The zero-order valence-corrected chi connectivity index (χ0v) is 11.1. The Morgan fingerprint density at radius 3 is 2.50 bits per heavy atom. The molecule has 2 atom stereocenters. The smallest absolute Gasteiger partial charge is 0.0689 e. The number of allylic oxidation sites excluding steroid dienone is 2. The Kier molecular flexibility index (Phi) is 2.43. The van der Waals surface area contributed by atoms with Crippen molar-refractivity contribution >= 4 is 17.1 Å². The van der Waals surface area contributed by atoms with Crippen LogP contribution in [0.15, 0.2) is 72.8 Å². The average Bonchev–Trinajstić information content (AvgIpc) is 2.84. The van der Waals surface area contributed by atoms with E-state index < -0.39 is 0 Å². The van der Waals surface area contributed by atoms with Crippen molar-refractivity contribution in [3.05, 3.63) is 78.4 Å². The summed E-state index contributed by atoms with van der Waals surface area (Å²) in [5, 5.41) is 0. The van der Waals surface area contributed by atoms with E-state index >= 15 is 0 Å². The van der Waals surface area contributed by atoms with E-state index in [1.165, 1.54) is 11.3 Å². The summed E-state index contributed by atoms with van der Waals surface area (Å²) in [6, 6.07) is 17.0. The summed E-state index contributed by atoms with van der Waals surface area (Å²) in [6.45, 7) is 0. The lowest BCUT2D eigenvalue weighted by Gasteiger charge is -2.29. The number of benzene rings is 2. The van der Waals surface area contributed by atoms with Gasteiger partial charge in [0.05, 0.1) is 17.4 Å². The first-order chi connectivity index (χ1) is 9.86. The molecule has 2 aromatic rings. The number of nitrogens with zero attached hydrogens (tertiary/aromatic N) is 1. The summed E-state index contributed by atoms with van der Waals surface area (Å²) < 4.78 is 0. The second-order valence-electron chi connectivity index (χ2n) is 5.28. The van der Waals surface area contributed by atoms with Crippen molar-refractivity contribution in [2.75, 3.05) is 10.6 Å². The van der Waals surface area contributed by atoms with Gasteiger partial charge >= 0.3 is 0 Å². The highest BCUT2D eigenvalue weighted by molar-refractivity contribution is 5.84. The Bertz CT molecular complexity index is 701. The van der Waals surface area contributed by atoms with Gasteiger partial charge in [-0.3, -0.25) is 0 Å². The standard InChI is InChI=1S/C18H16N2/c19-16-11-6-10-15-14-9-4-5-12-17(14)20(18(15)16)13-7-2-1-3-8-13/h1-12,14,17H,19H2. The van der Waals surface area contributed by atoms with Crippen molar-refractivity contribution in [2.45, 2.75) is 12.0 Å². The molecule has 2 N–H and O–H groups in total. The number of rotatable bonds is 1. The number of para-hydroxylation sites is 2. The molecule has 0 spiro atoms. The fraction of sp³-hybridized carbons (Fsp3) is 0.111. The first-order valence-corrected chi connectivity index (χ1v) is 6.94. The number of nitrogen functional groups attached to an aromatic ring is 1. The highest BCUT2D eigenvalue weighted by Crippen LogP contribution is 2.49. The number of anilines is 3. The van der Waals surface area contributed by atoms with Gasteiger partial charge in [0.2, 0.25) is 0 Å². The third-order valence-corrected chi connectivity index (χ3v) is 4.14. The molecule has 1 aliphatic carbocycles. The molecule has 4 rings (SSSR count). The van der Waals surface area contributed by atoms with Crippen molar-refractivity contribution in [1.29, 1.82) is 0 Å². The van der Waals surface area contributed by atoms with Crippen LogP contribution in [0.2, 0.25) is 0 Å². The van der Waals surface area contributed by atoms with Gasteiger partial charge in [-0.1, -0.05) is 54.6 Å². The van der Waals surface area contributed by atoms with Gasteiger partial charge < -0.3 is 10.6 Å². The normalized spacial score (nSPS) is 22.7. The second-order valence-corrected chi connectivity index (χ2v) is 5.28. The third-order valence-electron chi connectivity index (χ3n) is 4.14. The van der Waals surface area contributed by atoms with E-state index in [4.69, 9.17) is 5.73 Å². The zero-order valence-electron chi connectivity index (χ0n) is 11.1. The minimum Gasteiger partial charge on any atom is -0.397 e. The van der Waals surface area contributed by atoms with Crippen LogP contribution in [0.1, 0.15) is 11.5 Å². The Hall–Kier alpha value is -2.48. The Morgan fingerprint density at radius 2 is 1.65 bits per heavy atom. The molecule has 0 bridgehead atoms. The molecule has 2 unspecified atom stereocenters. The maximum Gasteiger partial charge on any atom is 0.0689 e. The first-order valence-electron chi connectivity index (χ1n) is 6.94. The monoisotopic (exact) mass is 260 g/mol. The highest BCUT2D eigenvalue weighted by atomic mass is 15.2. The van der Waals surface area contributed by atoms with Gasteiger partial charge in [-0.25, -0.2) is 0 Å². The molecule has 0 saturated heterocycles. The average molecular weight is 260 g/mol. The SMILES string of the molecule is Nc1cccc2c1N(c1ccccc1)C1C=CC=CC21. The molecular weight excluding hydrogens is 244 g/mol. The van der Waals surface area contributed by atoms with Crippen LogP contribution in [-0.4, -0.2) is 6.04 Å². The van der Waals surface area contributed by atoms with Gasteiger partial charge in [-0.15, -0.1) is 0 Å². The Labute approximate surface area is 118 Å². The number of nitrogens with two attached hydrogens (primary N) is 1. The number of hydrogen-bond donors (Lipinski definition) is 1. The van der Waals surface area contributed by atoms with E-state index in [9.17, 15) is 0 Å². The van der Waals surface area contributed by atoms with E-state index in [0.717, 1.165) is 11.4 Å². The summed E-state index contributed by atoms with van der Waals surface area (Å²) in [5.74, 6) is 0.388. The Balaban J connectivity index is 1.95. The van der Waals surface area contributed by atoms with Crippen molar-refractivity contribution in [1.82, 2.24) is 0 Å². The van der Waals surface area contributed by atoms with Crippen LogP contribution >= 0.6 is 0 Å². The number of hydrogen-bond acceptors (Lipinski definition) is 2. The topological polar surface area (TPSA) is 29.3 Å². The van der Waals surface area contributed by atoms with Gasteiger partial charge in [0.1, 0.15) is 0 Å². The summed E-state index contributed by atoms with van der Waals surface area (Å²) in [4.78, 5) is 2.36. The van der Waals surface area contributed by atoms with Crippen LogP contribution < -0.4 is 10.6 Å². The van der Waals surface area contributed by atoms with E-state index in [1.807, 2.05) is 18.2 Å². The van der Waals surface area contributed by atoms with Gasteiger partial charge in [0.25, 0.3) is 0 Å². The van der Waals surface area contributed by atoms with Gasteiger partial charge in [-0.05, 0) is 23.8 Å². The molecular formula is C18H16N2. The lowest BCUT2D eigenvalue weighted by molar-refractivity contribution is 0.745. The fourth-order valence-electron chi connectivity index (χ4n) is 3.30. The molecule has 2 aliphatic rings. The van der Waals surface area contributed by atoms with Crippen molar-refractivity contribution in [3.8, 4) is 0 Å². The Morgan fingerprint density at radius 1 is 0.850 bits per heavy atom. The molecule has 2 heteroatoms. The summed E-state index contributed by atoms with van der Waals surface area (Å²) in [6.07, 6.45) is 8.78. The van der Waals surface area contributed by atoms with Crippen LogP contribution in [0.3, 0.4) is 0 Å². The lowest BCUT2D eigenvalue weighted by Crippen LogP contribution is -2.28. The third kappa shape index (κ3) is 1.51. The summed E-state index contributed by atoms with van der Waals surface area (Å²) in [5.41, 5.74) is 10.8. The van der Waals surface area contributed by atoms with Crippen molar-refractivity contribution in [3.63, 3.8) is 0 Å². The minimum absolute atomic E-state index is 0.321. The molecule has 0 aromatic heterocycles. The maximum absolute atomic E-state index is 6.26. The molecule has 0 fully saturated rings. The molecule has 20 heavy (non-hydrogen) atoms. The van der Waals surface area contributed by atoms with Crippen LogP contribution in [0.4, 0.5) is 17.1 Å². The van der Waals surface area contributed by atoms with Crippen LogP contribution in [-0.2, 0) is 0 Å². The summed E-state index contributed by atoms with van der Waals surface area (Å²) in [7, 11) is 0. The predicted molar refractivity (Wildman–Crippen MR) is 84.2 cm³/mol. The van der Waals surface area contributed by atoms with Gasteiger partial charge in [0, 0.05) is 11.6 Å². The lowest BCUT2D eigenvalue weighted by atomic mass is 9.91. The van der Waals surface area contributed by atoms with Crippen LogP contribution in [0, 0.1) is 0 Å². The molecule has 1 aliphatic heterocycles. The highest BCUT2D eigenvalue weighted by Gasteiger charge is 2.38. The fourth-order valence-corrected chi connectivity index (χ4v) is 3.30. The minimum atomic E-state index is 0.321. The van der Waals surface area contributed by atoms with E-state index in [-0.39, 0.29) is 0 Å². The second kappa shape index (κ2) is 4.27. The molecule has 0 saturated carbocycles. The molecule has 0 radical (unpaired) electrons.